The van der Waals surface area contributed by atoms with Crippen LogP contribution >= 0.6 is 60.2 Å². The first kappa shape index (κ1) is 29.7. The zero-order valence-corrected chi connectivity index (χ0v) is 26.6. The lowest BCUT2D eigenvalue weighted by Crippen LogP contribution is -2.53. The third kappa shape index (κ3) is 6.72. The monoisotopic (exact) mass is 596 g/mol. The Labute approximate surface area is 248 Å². The summed E-state index contributed by atoms with van der Waals surface area (Å²) in [5.41, 5.74) is 0.739. The maximum atomic E-state index is 5.98. The second-order valence-corrected chi connectivity index (χ2v) is 14.9. The zero-order chi connectivity index (χ0) is 26.8. The number of hydrogen-bond donors (Lipinski definition) is 0. The molecule has 0 aromatic heterocycles. The van der Waals surface area contributed by atoms with E-state index in [1.54, 1.807) is 0 Å². The lowest BCUT2D eigenvalue weighted by Gasteiger charge is -2.45. The molecule has 37 heavy (non-hydrogen) atoms. The van der Waals surface area contributed by atoms with Gasteiger partial charge in [-0.15, -0.1) is 23.5 Å². The quantitative estimate of drug-likeness (QED) is 0.172. The van der Waals surface area contributed by atoms with E-state index in [1.165, 1.54) is 9.81 Å². The van der Waals surface area contributed by atoms with E-state index in [1.807, 2.05) is 23.5 Å². The predicted octanol–water partition coefficient (Wildman–Crippen LogP) is 7.15. The Morgan fingerprint density at radius 1 is 0.811 bits per heavy atom. The summed E-state index contributed by atoms with van der Waals surface area (Å²) < 4.78 is 11.9. The standard InChI is InChI=1S/C28H40N2O2S5/c1-19-17-22-20(7-15-36-22)25(34)29(19)27(2,3)9-13-31-11-6-12-32-14-10-28(4,5)30-24(33)18-23-21(26(30)35)8-16-37-23/h17-18,20-21H,1,6-16H2,2-5H3. The molecule has 4 aliphatic heterocycles. The SMILES string of the molecule is C=C1C=C2SCCC2C(=S)N1C(C)(C)CCOCCCOCCC(C)(C)N1C(=S)C=C2SCCC2C1=S. The van der Waals surface area contributed by atoms with E-state index < -0.39 is 0 Å². The lowest BCUT2D eigenvalue weighted by molar-refractivity contribution is 0.0599. The number of ether oxygens (including phenoxy) is 2. The first-order valence-corrected chi connectivity index (χ1v) is 16.5. The molecule has 4 heterocycles. The molecule has 4 aliphatic rings. The first-order valence-electron chi connectivity index (χ1n) is 13.3. The highest BCUT2D eigenvalue weighted by Crippen LogP contribution is 2.45. The van der Waals surface area contributed by atoms with Crippen molar-refractivity contribution in [1.82, 2.24) is 9.80 Å². The van der Waals surface area contributed by atoms with E-state index in [0.29, 0.717) is 38.3 Å². The second-order valence-electron chi connectivity index (χ2n) is 11.4. The zero-order valence-electron chi connectivity index (χ0n) is 22.5. The highest BCUT2D eigenvalue weighted by Gasteiger charge is 2.41. The van der Waals surface area contributed by atoms with Crippen LogP contribution in [0.2, 0.25) is 0 Å². The smallest absolute Gasteiger partial charge is 0.108 e. The van der Waals surface area contributed by atoms with E-state index in [-0.39, 0.29) is 11.1 Å². The van der Waals surface area contributed by atoms with Gasteiger partial charge in [0.15, 0.2) is 0 Å². The maximum absolute atomic E-state index is 5.98. The molecule has 0 spiro atoms. The van der Waals surface area contributed by atoms with Gasteiger partial charge in [-0.1, -0.05) is 43.2 Å². The van der Waals surface area contributed by atoms with Crippen LogP contribution in [0.5, 0.6) is 0 Å². The average molecular weight is 597 g/mol. The van der Waals surface area contributed by atoms with E-state index in [0.717, 1.165) is 64.3 Å². The van der Waals surface area contributed by atoms with Gasteiger partial charge in [-0.05, 0) is 93.3 Å². The van der Waals surface area contributed by atoms with Crippen molar-refractivity contribution in [2.24, 2.45) is 11.8 Å². The van der Waals surface area contributed by atoms with Crippen LogP contribution < -0.4 is 0 Å². The van der Waals surface area contributed by atoms with Crippen molar-refractivity contribution >= 4 is 75.1 Å². The molecule has 0 bridgehead atoms. The number of thiocarbonyl (C=S) groups is 3. The van der Waals surface area contributed by atoms with Crippen molar-refractivity contribution in [3.63, 3.8) is 0 Å². The highest BCUT2D eigenvalue weighted by atomic mass is 32.2. The maximum Gasteiger partial charge on any atom is 0.108 e. The minimum absolute atomic E-state index is 0.117. The number of hydrogen-bond acceptors (Lipinski definition) is 7. The number of rotatable bonds is 12. The number of allylic oxidation sites excluding steroid dienone is 1. The second kappa shape index (κ2) is 12.5. The minimum Gasteiger partial charge on any atom is -0.381 e. The summed E-state index contributed by atoms with van der Waals surface area (Å²) in [4.78, 5) is 10.1. The van der Waals surface area contributed by atoms with Gasteiger partial charge in [0.05, 0.1) is 9.98 Å². The Bertz CT molecular complexity index is 925. The van der Waals surface area contributed by atoms with Gasteiger partial charge in [-0.25, -0.2) is 0 Å². The van der Waals surface area contributed by atoms with Crippen LogP contribution in [-0.2, 0) is 9.47 Å². The Morgan fingerprint density at radius 2 is 1.30 bits per heavy atom. The van der Waals surface area contributed by atoms with Crippen LogP contribution in [0, 0.1) is 11.8 Å². The molecular weight excluding hydrogens is 557 g/mol. The molecular formula is C28H40N2O2S5. The highest BCUT2D eigenvalue weighted by molar-refractivity contribution is 8.03. The van der Waals surface area contributed by atoms with Gasteiger partial charge in [0.2, 0.25) is 0 Å². The fourth-order valence-corrected chi connectivity index (χ4v) is 9.85. The summed E-state index contributed by atoms with van der Waals surface area (Å²) in [7, 11) is 0. The largest absolute Gasteiger partial charge is 0.381 e. The molecule has 0 amide bonds. The Kier molecular flexibility index (Phi) is 10.0. The summed E-state index contributed by atoms with van der Waals surface area (Å²) in [5, 5.41) is 0. The normalized spacial score (nSPS) is 24.4. The van der Waals surface area contributed by atoms with Gasteiger partial charge < -0.3 is 19.3 Å². The van der Waals surface area contributed by atoms with Gasteiger partial charge >= 0.3 is 0 Å². The molecule has 2 atom stereocenters. The molecule has 4 rings (SSSR count). The third-order valence-corrected chi connectivity index (χ3v) is 11.2. The van der Waals surface area contributed by atoms with Crippen LogP contribution in [0.1, 0.15) is 59.8 Å². The molecule has 0 aromatic carbocycles. The average Bonchev–Trinajstić information content (AvgIpc) is 3.47. The van der Waals surface area contributed by atoms with E-state index in [4.69, 9.17) is 46.1 Å². The van der Waals surface area contributed by atoms with Crippen molar-refractivity contribution < 1.29 is 9.47 Å². The van der Waals surface area contributed by atoms with Crippen molar-refractivity contribution in [1.29, 1.82) is 0 Å². The Morgan fingerprint density at radius 3 is 1.86 bits per heavy atom. The van der Waals surface area contributed by atoms with Crippen LogP contribution in [0.3, 0.4) is 0 Å². The van der Waals surface area contributed by atoms with Gasteiger partial charge in [-0.2, -0.15) is 0 Å². The Hall–Kier alpha value is -0.290. The number of thioether (sulfide) groups is 2. The van der Waals surface area contributed by atoms with Gasteiger partial charge in [-0.3, -0.25) is 0 Å². The number of nitrogens with zero attached hydrogens (tertiary/aromatic N) is 2. The molecule has 0 aromatic rings. The van der Waals surface area contributed by atoms with Gasteiger partial charge in [0.1, 0.15) is 4.99 Å². The molecule has 2 fully saturated rings. The van der Waals surface area contributed by atoms with Crippen LogP contribution in [-0.4, -0.2) is 73.8 Å². The van der Waals surface area contributed by atoms with Crippen molar-refractivity contribution in [2.45, 2.75) is 70.9 Å². The lowest BCUT2D eigenvalue weighted by atomic mass is 9.91. The summed E-state index contributed by atoms with van der Waals surface area (Å²) >= 11 is 21.3. The van der Waals surface area contributed by atoms with E-state index in [9.17, 15) is 0 Å². The summed E-state index contributed by atoms with van der Waals surface area (Å²) in [6, 6.07) is 0. The van der Waals surface area contributed by atoms with E-state index in [2.05, 4.69) is 56.2 Å². The molecule has 0 aliphatic carbocycles. The molecule has 0 radical (unpaired) electrons. The van der Waals surface area contributed by atoms with Crippen molar-refractivity contribution in [2.75, 3.05) is 37.9 Å². The fourth-order valence-electron chi connectivity index (χ4n) is 5.44. The van der Waals surface area contributed by atoms with Crippen molar-refractivity contribution in [3.05, 3.63) is 34.2 Å². The van der Waals surface area contributed by atoms with E-state index >= 15 is 0 Å². The Balaban J connectivity index is 1.12. The van der Waals surface area contributed by atoms with Crippen LogP contribution in [0.4, 0.5) is 0 Å². The van der Waals surface area contributed by atoms with Gasteiger partial charge in [0, 0.05) is 55.0 Å². The van der Waals surface area contributed by atoms with Crippen molar-refractivity contribution in [3.8, 4) is 0 Å². The fraction of sp³-hybridized carbons (Fsp3) is 0.679. The molecule has 0 saturated carbocycles. The van der Waals surface area contributed by atoms with Crippen LogP contribution in [0.15, 0.2) is 34.2 Å². The molecule has 0 N–H and O–H groups in total. The molecule has 4 nitrogen and oxygen atoms in total. The molecule has 204 valence electrons. The summed E-state index contributed by atoms with van der Waals surface area (Å²) in [6.07, 6.45) is 9.30. The topological polar surface area (TPSA) is 24.9 Å². The first-order chi connectivity index (χ1) is 17.5. The predicted molar refractivity (Wildman–Crippen MR) is 172 cm³/mol. The van der Waals surface area contributed by atoms with Gasteiger partial charge in [0.25, 0.3) is 0 Å². The number of fused-ring (bicyclic) bond motifs is 2. The molecule has 9 heteroatoms. The van der Waals surface area contributed by atoms with Crippen LogP contribution in [0.25, 0.3) is 0 Å². The molecule has 2 unspecified atom stereocenters. The molecule has 2 saturated heterocycles. The third-order valence-electron chi connectivity index (χ3n) is 7.66. The summed E-state index contributed by atoms with van der Waals surface area (Å²) in [6.45, 7) is 16.0. The minimum atomic E-state index is -0.155. The summed E-state index contributed by atoms with van der Waals surface area (Å²) in [5.74, 6) is 3.05.